The van der Waals surface area contributed by atoms with Crippen LogP contribution < -0.4 is 0 Å². The molecule has 0 rings (SSSR count). The Morgan fingerprint density at radius 2 is 1.93 bits per heavy atom. The third kappa shape index (κ3) is 7.18. The Bertz CT molecular complexity index is 278. The molecule has 15 heavy (non-hydrogen) atoms. The molecule has 1 atom stereocenters. The van der Waals surface area contributed by atoms with Gasteiger partial charge in [-0.2, -0.15) is 0 Å². The quantitative estimate of drug-likeness (QED) is 0.391. The molecular formula is C13H22OSi. The van der Waals surface area contributed by atoms with E-state index in [0.717, 1.165) is 0 Å². The van der Waals surface area contributed by atoms with Crippen LogP contribution in [0.2, 0.25) is 19.6 Å². The highest BCUT2D eigenvalue weighted by molar-refractivity contribution is 6.69. The van der Waals surface area contributed by atoms with E-state index in [1.165, 1.54) is 0 Å². The highest BCUT2D eigenvalue weighted by Gasteiger charge is 2.28. The zero-order valence-electron chi connectivity index (χ0n) is 10.5. The molecule has 0 spiro atoms. The van der Waals surface area contributed by atoms with Crippen LogP contribution >= 0.6 is 0 Å². The molecule has 0 bridgehead atoms. The first kappa shape index (κ1) is 14.2. The molecule has 0 amide bonds. The lowest BCUT2D eigenvalue weighted by atomic mass is 10.0. The first-order valence-corrected chi connectivity index (χ1v) is 8.68. The Labute approximate surface area is 95.4 Å². The van der Waals surface area contributed by atoms with Gasteiger partial charge in [-0.05, 0) is 33.5 Å². The lowest BCUT2D eigenvalue weighted by molar-refractivity contribution is 0.138. The number of hydrogen-bond acceptors (Lipinski definition) is 1. The van der Waals surface area contributed by atoms with Crippen LogP contribution in [0.4, 0.5) is 0 Å². The molecule has 0 aliphatic rings. The maximum Gasteiger partial charge on any atom is 0.184 e. The van der Waals surface area contributed by atoms with Crippen molar-refractivity contribution in [2.24, 2.45) is 0 Å². The second-order valence-corrected chi connectivity index (χ2v) is 9.22. The van der Waals surface area contributed by atoms with Gasteiger partial charge in [0.05, 0.1) is 5.60 Å². The summed E-state index contributed by atoms with van der Waals surface area (Å²) in [5.41, 5.74) is -0.321. The normalized spacial score (nSPS) is 16.8. The van der Waals surface area contributed by atoms with Gasteiger partial charge in [0, 0.05) is 6.42 Å². The maximum absolute atomic E-state index is 6.09. The summed E-state index contributed by atoms with van der Waals surface area (Å²) < 4.78 is 6.09. The smallest absolute Gasteiger partial charge is 0.184 e. The summed E-state index contributed by atoms with van der Waals surface area (Å²) in [6.07, 6.45) is 14.0. The minimum absolute atomic E-state index is 0.321. The van der Waals surface area contributed by atoms with E-state index < -0.39 is 8.32 Å². The van der Waals surface area contributed by atoms with E-state index in [1.807, 2.05) is 38.2 Å². The van der Waals surface area contributed by atoms with Crippen molar-refractivity contribution < 1.29 is 4.43 Å². The van der Waals surface area contributed by atoms with Gasteiger partial charge in [-0.15, -0.1) is 12.3 Å². The summed E-state index contributed by atoms with van der Waals surface area (Å²) in [5.74, 6) is 2.68. The second kappa shape index (κ2) is 5.94. The summed E-state index contributed by atoms with van der Waals surface area (Å²) in [6, 6.07) is 0. The van der Waals surface area contributed by atoms with Gasteiger partial charge in [0.1, 0.15) is 0 Å². The molecule has 0 saturated carbocycles. The molecule has 0 aliphatic carbocycles. The van der Waals surface area contributed by atoms with Crippen LogP contribution in [0.15, 0.2) is 24.3 Å². The van der Waals surface area contributed by atoms with Gasteiger partial charge in [-0.25, -0.2) is 0 Å². The Hall–Kier alpha value is -0.783. The van der Waals surface area contributed by atoms with Gasteiger partial charge in [0.2, 0.25) is 0 Å². The predicted molar refractivity (Wildman–Crippen MR) is 70.2 cm³/mol. The molecule has 0 aromatic heterocycles. The summed E-state index contributed by atoms with van der Waals surface area (Å²) in [5, 5.41) is 0. The van der Waals surface area contributed by atoms with E-state index in [0.29, 0.717) is 6.42 Å². The molecular weight excluding hydrogens is 200 g/mol. The van der Waals surface area contributed by atoms with Crippen LogP contribution in [0.1, 0.15) is 20.3 Å². The fourth-order valence-electron chi connectivity index (χ4n) is 1.40. The molecule has 0 N–H and O–H groups in total. The van der Waals surface area contributed by atoms with Gasteiger partial charge in [0.25, 0.3) is 0 Å². The van der Waals surface area contributed by atoms with Crippen LogP contribution in [-0.2, 0) is 4.43 Å². The molecule has 0 fully saturated rings. The third-order valence-electron chi connectivity index (χ3n) is 1.74. The molecule has 2 heteroatoms. The van der Waals surface area contributed by atoms with E-state index in [-0.39, 0.29) is 5.60 Å². The van der Waals surface area contributed by atoms with Crippen molar-refractivity contribution in [3.63, 3.8) is 0 Å². The van der Waals surface area contributed by atoms with Crippen molar-refractivity contribution in [3.8, 4) is 12.3 Å². The van der Waals surface area contributed by atoms with Crippen LogP contribution in [-0.4, -0.2) is 13.9 Å². The number of rotatable bonds is 5. The highest BCUT2D eigenvalue weighted by Crippen LogP contribution is 2.22. The molecule has 0 unspecified atom stereocenters. The van der Waals surface area contributed by atoms with E-state index in [4.69, 9.17) is 10.8 Å². The highest BCUT2D eigenvalue weighted by atomic mass is 28.4. The van der Waals surface area contributed by atoms with E-state index in [2.05, 4.69) is 25.6 Å². The summed E-state index contributed by atoms with van der Waals surface area (Å²) in [4.78, 5) is 0. The molecule has 1 nitrogen and oxygen atoms in total. The largest absolute Gasteiger partial charge is 0.408 e. The van der Waals surface area contributed by atoms with Gasteiger partial charge in [-0.1, -0.05) is 24.3 Å². The fraction of sp³-hybridized carbons (Fsp3) is 0.538. The Morgan fingerprint density at radius 1 is 1.33 bits per heavy atom. The predicted octanol–water partition coefficient (Wildman–Crippen LogP) is 3.75. The topological polar surface area (TPSA) is 9.23 Å². The van der Waals surface area contributed by atoms with Crippen LogP contribution in [0.5, 0.6) is 0 Å². The van der Waals surface area contributed by atoms with Crippen molar-refractivity contribution in [2.45, 2.75) is 45.5 Å². The summed E-state index contributed by atoms with van der Waals surface area (Å²) >= 11 is 0. The summed E-state index contributed by atoms with van der Waals surface area (Å²) in [6.45, 7) is 10.6. The molecule has 0 radical (unpaired) electrons. The molecule has 0 aliphatic heterocycles. The Balaban J connectivity index is 4.67. The van der Waals surface area contributed by atoms with E-state index >= 15 is 0 Å². The first-order valence-electron chi connectivity index (χ1n) is 5.27. The van der Waals surface area contributed by atoms with Gasteiger partial charge in [-0.3, -0.25) is 0 Å². The Kier molecular flexibility index (Phi) is 5.63. The van der Waals surface area contributed by atoms with Crippen LogP contribution in [0, 0.1) is 12.3 Å². The van der Waals surface area contributed by atoms with Crippen molar-refractivity contribution in [2.75, 3.05) is 0 Å². The number of terminal acetylenes is 1. The minimum atomic E-state index is -1.56. The van der Waals surface area contributed by atoms with Crippen LogP contribution in [0.3, 0.4) is 0 Å². The van der Waals surface area contributed by atoms with E-state index in [1.54, 1.807) is 0 Å². The molecule has 0 heterocycles. The van der Waals surface area contributed by atoms with Gasteiger partial charge < -0.3 is 4.43 Å². The monoisotopic (exact) mass is 222 g/mol. The second-order valence-electron chi connectivity index (χ2n) is 4.79. The number of hydrogen-bond donors (Lipinski definition) is 0. The van der Waals surface area contributed by atoms with Crippen molar-refractivity contribution in [1.29, 1.82) is 0 Å². The van der Waals surface area contributed by atoms with Crippen molar-refractivity contribution in [3.05, 3.63) is 24.3 Å². The fourth-order valence-corrected chi connectivity index (χ4v) is 2.94. The maximum atomic E-state index is 6.09. The minimum Gasteiger partial charge on any atom is -0.408 e. The lowest BCUT2D eigenvalue weighted by Gasteiger charge is -2.32. The lowest BCUT2D eigenvalue weighted by Crippen LogP contribution is -2.39. The SMILES string of the molecule is C#CC[C@](C)(/C=C/C=C/C)O[Si](C)(C)C. The molecule has 84 valence electrons. The Morgan fingerprint density at radius 3 is 2.33 bits per heavy atom. The average Bonchev–Trinajstić information content (AvgIpc) is 2.01. The van der Waals surface area contributed by atoms with Crippen molar-refractivity contribution in [1.82, 2.24) is 0 Å². The van der Waals surface area contributed by atoms with Gasteiger partial charge >= 0.3 is 0 Å². The van der Waals surface area contributed by atoms with Crippen molar-refractivity contribution >= 4 is 8.32 Å². The summed E-state index contributed by atoms with van der Waals surface area (Å²) in [7, 11) is -1.56. The first-order chi connectivity index (χ1) is 6.83. The molecule has 0 saturated heterocycles. The third-order valence-corrected chi connectivity index (χ3v) is 2.82. The molecule has 0 aromatic carbocycles. The zero-order valence-corrected chi connectivity index (χ0v) is 11.5. The standard InChI is InChI=1S/C13H22OSi/c1-7-9-10-12-13(3,11-8-2)14-15(4,5)6/h2,7,9-10,12H,11H2,1,3-6H3/b9-7+,12-10+/t13-/m1/s1. The zero-order chi connectivity index (χ0) is 11.9. The van der Waals surface area contributed by atoms with Crippen LogP contribution in [0.25, 0.3) is 0 Å². The number of allylic oxidation sites excluding steroid dienone is 3. The average molecular weight is 222 g/mol. The van der Waals surface area contributed by atoms with E-state index in [9.17, 15) is 0 Å². The molecule has 0 aromatic rings. The van der Waals surface area contributed by atoms with Gasteiger partial charge in [0.15, 0.2) is 8.32 Å².